The van der Waals surface area contributed by atoms with Crippen molar-refractivity contribution in [3.63, 3.8) is 0 Å². The molecule has 0 atom stereocenters. The number of carbonyl (C=O) groups is 1. The van der Waals surface area contributed by atoms with Gasteiger partial charge in [-0.2, -0.15) is 0 Å². The van der Waals surface area contributed by atoms with Crippen molar-refractivity contribution in [2.75, 3.05) is 30.9 Å². The summed E-state index contributed by atoms with van der Waals surface area (Å²) >= 11 is 5.66. The van der Waals surface area contributed by atoms with Crippen LogP contribution in [0.2, 0.25) is 5.02 Å². The molecule has 0 radical (unpaired) electrons. The number of carbonyl (C=O) groups excluding carboxylic acids is 1. The lowest BCUT2D eigenvalue weighted by molar-refractivity contribution is 0.102. The average Bonchev–Trinajstić information content (AvgIpc) is 2.55. The smallest absolute Gasteiger partial charge is 0.275 e. The van der Waals surface area contributed by atoms with E-state index < -0.39 is 11.7 Å². The van der Waals surface area contributed by atoms with Crippen LogP contribution in [0.25, 0.3) is 0 Å². The molecule has 0 aliphatic carbocycles. The summed E-state index contributed by atoms with van der Waals surface area (Å²) in [6.07, 6.45) is 3.67. The van der Waals surface area contributed by atoms with Crippen LogP contribution < -0.4 is 10.6 Å². The van der Waals surface area contributed by atoms with Gasteiger partial charge in [-0.1, -0.05) is 11.6 Å². The second-order valence-electron chi connectivity index (χ2n) is 4.64. The van der Waals surface area contributed by atoms with E-state index in [-0.39, 0.29) is 10.7 Å². The Bertz CT molecular complexity index is 667. The van der Waals surface area contributed by atoms with E-state index in [1.54, 1.807) is 7.11 Å². The molecular formula is C15H16ClFN4O2. The van der Waals surface area contributed by atoms with Gasteiger partial charge in [-0.15, -0.1) is 0 Å². The summed E-state index contributed by atoms with van der Waals surface area (Å²) in [6.45, 7) is 1.35. The number of anilines is 2. The zero-order valence-corrected chi connectivity index (χ0v) is 13.2. The first kappa shape index (κ1) is 17.1. The third-order valence-electron chi connectivity index (χ3n) is 2.89. The molecule has 0 saturated heterocycles. The van der Waals surface area contributed by atoms with Crippen LogP contribution in [-0.4, -0.2) is 36.1 Å². The van der Waals surface area contributed by atoms with E-state index in [1.807, 2.05) is 0 Å². The molecule has 2 N–H and O–H groups in total. The van der Waals surface area contributed by atoms with Crippen LogP contribution in [0.5, 0.6) is 0 Å². The predicted molar refractivity (Wildman–Crippen MR) is 86.4 cm³/mol. The standard InChI is InChI=1S/C15H16ClFN4O2/c1-23-6-2-5-18-14-9-19-13(8-20-14)15(22)21-10-3-4-12(17)11(16)7-10/h3-4,7-9H,2,5-6H2,1H3,(H,18,20)(H,21,22). The lowest BCUT2D eigenvalue weighted by atomic mass is 10.3. The summed E-state index contributed by atoms with van der Waals surface area (Å²) in [5, 5.41) is 5.58. The molecule has 23 heavy (non-hydrogen) atoms. The van der Waals surface area contributed by atoms with Crippen LogP contribution in [0.15, 0.2) is 30.6 Å². The van der Waals surface area contributed by atoms with Crippen molar-refractivity contribution in [1.82, 2.24) is 9.97 Å². The first-order valence-corrected chi connectivity index (χ1v) is 7.29. The fourth-order valence-electron chi connectivity index (χ4n) is 1.74. The van der Waals surface area contributed by atoms with Crippen molar-refractivity contribution >= 4 is 29.0 Å². The first-order chi connectivity index (χ1) is 11.1. The Kier molecular flexibility index (Phi) is 6.25. The Morgan fingerprint density at radius 2 is 2.17 bits per heavy atom. The number of hydrogen-bond donors (Lipinski definition) is 2. The summed E-state index contributed by atoms with van der Waals surface area (Å²) in [7, 11) is 1.64. The maximum Gasteiger partial charge on any atom is 0.275 e. The molecule has 0 unspecified atom stereocenters. The van der Waals surface area contributed by atoms with Gasteiger partial charge < -0.3 is 15.4 Å². The minimum absolute atomic E-state index is 0.0653. The zero-order chi connectivity index (χ0) is 16.7. The molecule has 122 valence electrons. The lowest BCUT2D eigenvalue weighted by Gasteiger charge is -2.07. The number of nitrogens with zero attached hydrogens (tertiary/aromatic N) is 2. The Hall–Kier alpha value is -2.25. The van der Waals surface area contributed by atoms with Crippen molar-refractivity contribution in [3.8, 4) is 0 Å². The minimum Gasteiger partial charge on any atom is -0.385 e. The number of nitrogens with one attached hydrogen (secondary N) is 2. The number of hydrogen-bond acceptors (Lipinski definition) is 5. The number of halogens is 2. The largest absolute Gasteiger partial charge is 0.385 e. The Balaban J connectivity index is 1.93. The van der Waals surface area contributed by atoms with Crippen LogP contribution in [0.1, 0.15) is 16.9 Å². The maximum absolute atomic E-state index is 13.1. The predicted octanol–water partition coefficient (Wildman–Crippen LogP) is 2.97. The van der Waals surface area contributed by atoms with E-state index in [2.05, 4.69) is 20.6 Å². The van der Waals surface area contributed by atoms with Crippen LogP contribution in [0, 0.1) is 5.82 Å². The highest BCUT2D eigenvalue weighted by molar-refractivity contribution is 6.31. The number of amides is 1. The average molecular weight is 339 g/mol. The van der Waals surface area contributed by atoms with E-state index >= 15 is 0 Å². The van der Waals surface area contributed by atoms with E-state index in [0.717, 1.165) is 6.42 Å². The van der Waals surface area contributed by atoms with E-state index in [1.165, 1.54) is 30.6 Å². The molecule has 0 aliphatic heterocycles. The third-order valence-corrected chi connectivity index (χ3v) is 3.18. The molecular weight excluding hydrogens is 323 g/mol. The molecule has 1 amide bonds. The first-order valence-electron chi connectivity index (χ1n) is 6.91. The zero-order valence-electron chi connectivity index (χ0n) is 12.5. The lowest BCUT2D eigenvalue weighted by Crippen LogP contribution is -2.15. The van der Waals surface area contributed by atoms with E-state index in [0.29, 0.717) is 24.7 Å². The second-order valence-corrected chi connectivity index (χ2v) is 5.05. The minimum atomic E-state index is -0.548. The number of aromatic nitrogens is 2. The molecule has 2 aromatic rings. The van der Waals surface area contributed by atoms with Crippen molar-refractivity contribution < 1.29 is 13.9 Å². The highest BCUT2D eigenvalue weighted by atomic mass is 35.5. The molecule has 0 fully saturated rings. The number of benzene rings is 1. The van der Waals surface area contributed by atoms with Gasteiger partial charge in [0.05, 0.1) is 17.4 Å². The van der Waals surface area contributed by atoms with Gasteiger partial charge in [0.25, 0.3) is 5.91 Å². The highest BCUT2D eigenvalue weighted by Crippen LogP contribution is 2.19. The molecule has 1 heterocycles. The number of rotatable bonds is 7. The molecule has 0 bridgehead atoms. The molecule has 8 heteroatoms. The summed E-state index contributed by atoms with van der Waals surface area (Å²) in [4.78, 5) is 20.2. The normalized spacial score (nSPS) is 10.4. The van der Waals surface area contributed by atoms with Crippen LogP contribution in [0.4, 0.5) is 15.9 Å². The Morgan fingerprint density at radius 1 is 1.35 bits per heavy atom. The van der Waals surface area contributed by atoms with Gasteiger partial charge in [0, 0.05) is 25.9 Å². The summed E-state index contributed by atoms with van der Waals surface area (Å²) in [5.74, 6) is -0.429. The maximum atomic E-state index is 13.1. The van der Waals surface area contributed by atoms with Gasteiger partial charge in [0.1, 0.15) is 17.3 Å². The van der Waals surface area contributed by atoms with Gasteiger partial charge in [0.2, 0.25) is 0 Å². The highest BCUT2D eigenvalue weighted by Gasteiger charge is 2.10. The number of ether oxygens (including phenoxy) is 1. The summed E-state index contributed by atoms with van der Waals surface area (Å²) in [5.41, 5.74) is 0.526. The topological polar surface area (TPSA) is 76.1 Å². The quantitative estimate of drug-likeness (QED) is 0.759. The summed E-state index contributed by atoms with van der Waals surface area (Å²) in [6, 6.07) is 3.92. The van der Waals surface area contributed by atoms with Crippen LogP contribution in [0.3, 0.4) is 0 Å². The van der Waals surface area contributed by atoms with Gasteiger partial charge in [-0.25, -0.2) is 14.4 Å². The fourth-order valence-corrected chi connectivity index (χ4v) is 1.92. The van der Waals surface area contributed by atoms with E-state index in [4.69, 9.17) is 16.3 Å². The monoisotopic (exact) mass is 338 g/mol. The Labute approximate surface area is 138 Å². The van der Waals surface area contributed by atoms with Crippen LogP contribution in [-0.2, 0) is 4.74 Å². The molecule has 0 saturated carbocycles. The fraction of sp³-hybridized carbons (Fsp3) is 0.267. The Morgan fingerprint density at radius 3 is 2.83 bits per heavy atom. The SMILES string of the molecule is COCCCNc1cnc(C(=O)Nc2ccc(F)c(Cl)c2)cn1. The van der Waals surface area contributed by atoms with Crippen molar-refractivity contribution in [2.24, 2.45) is 0 Å². The summed E-state index contributed by atoms with van der Waals surface area (Å²) < 4.78 is 18.0. The van der Waals surface area contributed by atoms with Gasteiger partial charge >= 0.3 is 0 Å². The molecule has 0 aliphatic rings. The molecule has 2 rings (SSSR count). The molecule has 1 aromatic heterocycles. The van der Waals surface area contributed by atoms with Crippen molar-refractivity contribution in [2.45, 2.75) is 6.42 Å². The molecule has 1 aromatic carbocycles. The van der Waals surface area contributed by atoms with Gasteiger partial charge in [-0.3, -0.25) is 4.79 Å². The van der Waals surface area contributed by atoms with Gasteiger partial charge in [-0.05, 0) is 24.6 Å². The van der Waals surface area contributed by atoms with Crippen LogP contribution >= 0.6 is 11.6 Å². The van der Waals surface area contributed by atoms with E-state index in [9.17, 15) is 9.18 Å². The number of methoxy groups -OCH3 is 1. The van der Waals surface area contributed by atoms with Crippen molar-refractivity contribution in [1.29, 1.82) is 0 Å². The molecule has 6 nitrogen and oxygen atoms in total. The molecule has 0 spiro atoms. The van der Waals surface area contributed by atoms with Crippen molar-refractivity contribution in [3.05, 3.63) is 47.1 Å². The third kappa shape index (κ3) is 5.15. The van der Waals surface area contributed by atoms with Gasteiger partial charge in [0.15, 0.2) is 0 Å². The second kappa shape index (κ2) is 8.40.